The van der Waals surface area contributed by atoms with Crippen LogP contribution in [-0.2, 0) is 9.53 Å². The molecule has 0 aliphatic carbocycles. The van der Waals surface area contributed by atoms with Crippen molar-refractivity contribution in [2.75, 3.05) is 31.6 Å². The van der Waals surface area contributed by atoms with Gasteiger partial charge in [0.05, 0.1) is 6.54 Å². The molecule has 100 valence electrons. The lowest BCUT2D eigenvalue weighted by molar-refractivity contribution is -0.119. The Labute approximate surface area is 107 Å². The Balaban J connectivity index is 2.13. The predicted molar refractivity (Wildman–Crippen MR) is 69.0 cm³/mol. The summed E-state index contributed by atoms with van der Waals surface area (Å²) in [6.07, 6.45) is 0.791. The van der Waals surface area contributed by atoms with Crippen LogP contribution >= 0.6 is 0 Å². The first-order chi connectivity index (χ1) is 8.72. The molecule has 0 atom stereocenters. The summed E-state index contributed by atoms with van der Waals surface area (Å²) in [5.74, 6) is -0.437. The molecule has 0 spiro atoms. The van der Waals surface area contributed by atoms with Crippen molar-refractivity contribution in [2.45, 2.75) is 13.3 Å². The number of nitrogens with one attached hydrogen (secondary N) is 2. The summed E-state index contributed by atoms with van der Waals surface area (Å²) in [4.78, 5) is 11.4. The van der Waals surface area contributed by atoms with Crippen LogP contribution in [0.5, 0.6) is 0 Å². The monoisotopic (exact) mass is 254 g/mol. The van der Waals surface area contributed by atoms with E-state index in [-0.39, 0.29) is 18.3 Å². The number of hydrogen-bond acceptors (Lipinski definition) is 3. The number of carbonyl (C=O) groups excluding carboxylic acids is 1. The van der Waals surface area contributed by atoms with Crippen LogP contribution < -0.4 is 10.6 Å². The number of amides is 1. The van der Waals surface area contributed by atoms with Crippen LogP contribution in [0.1, 0.15) is 13.3 Å². The minimum atomic E-state index is -0.322. The molecule has 0 saturated heterocycles. The maximum absolute atomic E-state index is 12.9. The molecule has 0 aliphatic rings. The van der Waals surface area contributed by atoms with Gasteiger partial charge < -0.3 is 15.4 Å². The van der Waals surface area contributed by atoms with Crippen molar-refractivity contribution < 1.29 is 13.9 Å². The molecule has 1 aromatic rings. The number of hydrogen-bond donors (Lipinski definition) is 2. The zero-order chi connectivity index (χ0) is 13.2. The van der Waals surface area contributed by atoms with E-state index in [2.05, 4.69) is 10.6 Å². The molecule has 0 heterocycles. The van der Waals surface area contributed by atoms with Crippen LogP contribution in [-0.4, -0.2) is 32.2 Å². The quantitative estimate of drug-likeness (QED) is 0.695. The van der Waals surface area contributed by atoms with Gasteiger partial charge in [-0.05, 0) is 31.5 Å². The van der Waals surface area contributed by atoms with Gasteiger partial charge in [-0.3, -0.25) is 4.79 Å². The standard InChI is InChI=1S/C13H19FN2O2/c1-2-18-8-4-7-15-13(17)10-16-12-6-3-5-11(14)9-12/h3,5-6,9,16H,2,4,7-8,10H2,1H3,(H,15,17). The van der Waals surface area contributed by atoms with E-state index in [9.17, 15) is 9.18 Å². The van der Waals surface area contributed by atoms with Crippen molar-refractivity contribution in [2.24, 2.45) is 0 Å². The lowest BCUT2D eigenvalue weighted by Crippen LogP contribution is -2.31. The summed E-state index contributed by atoms with van der Waals surface area (Å²) in [6.45, 7) is 3.99. The maximum atomic E-state index is 12.9. The second-order valence-electron chi connectivity index (χ2n) is 3.76. The molecule has 18 heavy (non-hydrogen) atoms. The summed E-state index contributed by atoms with van der Waals surface area (Å²) in [5, 5.41) is 5.61. The molecule has 0 radical (unpaired) electrons. The molecule has 0 aliphatic heterocycles. The second-order valence-corrected chi connectivity index (χ2v) is 3.76. The van der Waals surface area contributed by atoms with E-state index in [4.69, 9.17) is 4.74 Å². The molecule has 4 nitrogen and oxygen atoms in total. The highest BCUT2D eigenvalue weighted by Crippen LogP contribution is 2.07. The molecule has 0 saturated carbocycles. The first kappa shape index (κ1) is 14.4. The van der Waals surface area contributed by atoms with E-state index < -0.39 is 0 Å². The molecule has 1 amide bonds. The molecule has 2 N–H and O–H groups in total. The fraction of sp³-hybridized carbons (Fsp3) is 0.462. The van der Waals surface area contributed by atoms with E-state index >= 15 is 0 Å². The molecule has 0 bridgehead atoms. The van der Waals surface area contributed by atoms with Crippen molar-refractivity contribution in [3.63, 3.8) is 0 Å². The highest BCUT2D eigenvalue weighted by Gasteiger charge is 2.00. The Morgan fingerprint density at radius 1 is 1.44 bits per heavy atom. The van der Waals surface area contributed by atoms with Gasteiger partial charge in [-0.2, -0.15) is 0 Å². The molecule has 1 rings (SSSR count). The van der Waals surface area contributed by atoms with Gasteiger partial charge in [-0.15, -0.1) is 0 Å². The summed E-state index contributed by atoms with van der Waals surface area (Å²) >= 11 is 0. The third-order valence-corrected chi connectivity index (χ3v) is 2.27. The number of anilines is 1. The Morgan fingerprint density at radius 2 is 2.28 bits per heavy atom. The van der Waals surface area contributed by atoms with Crippen LogP contribution in [0, 0.1) is 5.82 Å². The Morgan fingerprint density at radius 3 is 3.00 bits per heavy atom. The zero-order valence-corrected chi connectivity index (χ0v) is 10.5. The number of halogens is 1. The Bertz CT molecular complexity index is 372. The van der Waals surface area contributed by atoms with Crippen LogP contribution in [0.4, 0.5) is 10.1 Å². The van der Waals surface area contributed by atoms with E-state index in [0.29, 0.717) is 25.4 Å². The minimum absolute atomic E-state index is 0.115. The third kappa shape index (κ3) is 6.20. The lowest BCUT2D eigenvalue weighted by Gasteiger charge is -2.07. The van der Waals surface area contributed by atoms with Crippen molar-refractivity contribution in [3.8, 4) is 0 Å². The second kappa shape index (κ2) is 8.47. The highest BCUT2D eigenvalue weighted by atomic mass is 19.1. The Hall–Kier alpha value is -1.62. The largest absolute Gasteiger partial charge is 0.382 e. The van der Waals surface area contributed by atoms with Crippen LogP contribution in [0.15, 0.2) is 24.3 Å². The van der Waals surface area contributed by atoms with Crippen molar-refractivity contribution in [1.29, 1.82) is 0 Å². The van der Waals surface area contributed by atoms with E-state index in [0.717, 1.165) is 6.42 Å². The summed E-state index contributed by atoms with van der Waals surface area (Å²) < 4.78 is 18.0. The first-order valence-electron chi connectivity index (χ1n) is 6.06. The number of benzene rings is 1. The third-order valence-electron chi connectivity index (χ3n) is 2.27. The van der Waals surface area contributed by atoms with E-state index in [1.165, 1.54) is 12.1 Å². The fourth-order valence-corrected chi connectivity index (χ4v) is 1.39. The van der Waals surface area contributed by atoms with Gasteiger partial charge in [0.15, 0.2) is 0 Å². The normalized spacial score (nSPS) is 10.1. The topological polar surface area (TPSA) is 50.4 Å². The predicted octanol–water partition coefficient (Wildman–Crippen LogP) is 1.78. The van der Waals surface area contributed by atoms with Gasteiger partial charge in [0.25, 0.3) is 0 Å². The van der Waals surface area contributed by atoms with Gasteiger partial charge in [0, 0.05) is 25.4 Å². The smallest absolute Gasteiger partial charge is 0.239 e. The summed E-state index contributed by atoms with van der Waals surface area (Å²) in [5.41, 5.74) is 0.597. The van der Waals surface area contributed by atoms with Gasteiger partial charge in [0.1, 0.15) is 5.82 Å². The number of ether oxygens (including phenoxy) is 1. The molecular weight excluding hydrogens is 235 g/mol. The minimum Gasteiger partial charge on any atom is -0.382 e. The Kier molecular flexibility index (Phi) is 6.79. The lowest BCUT2D eigenvalue weighted by atomic mass is 10.3. The summed E-state index contributed by atoms with van der Waals surface area (Å²) in [7, 11) is 0. The van der Waals surface area contributed by atoms with E-state index in [1.54, 1.807) is 12.1 Å². The molecule has 0 fully saturated rings. The van der Waals surface area contributed by atoms with Crippen LogP contribution in [0.25, 0.3) is 0 Å². The van der Waals surface area contributed by atoms with Gasteiger partial charge in [-0.25, -0.2) is 4.39 Å². The SMILES string of the molecule is CCOCCCNC(=O)CNc1cccc(F)c1. The van der Waals surface area contributed by atoms with Crippen molar-refractivity contribution >= 4 is 11.6 Å². The molecule has 1 aromatic carbocycles. The van der Waals surface area contributed by atoms with Gasteiger partial charge >= 0.3 is 0 Å². The highest BCUT2D eigenvalue weighted by molar-refractivity contribution is 5.80. The van der Waals surface area contributed by atoms with Crippen LogP contribution in [0.2, 0.25) is 0 Å². The summed E-state index contributed by atoms with van der Waals surface area (Å²) in [6, 6.07) is 6.02. The fourth-order valence-electron chi connectivity index (χ4n) is 1.39. The van der Waals surface area contributed by atoms with Crippen molar-refractivity contribution in [3.05, 3.63) is 30.1 Å². The average molecular weight is 254 g/mol. The molecule has 0 aromatic heterocycles. The van der Waals surface area contributed by atoms with Crippen LogP contribution in [0.3, 0.4) is 0 Å². The molecular formula is C13H19FN2O2. The molecule has 0 unspecified atom stereocenters. The first-order valence-corrected chi connectivity index (χ1v) is 6.06. The number of carbonyl (C=O) groups is 1. The van der Waals surface area contributed by atoms with Crippen molar-refractivity contribution in [1.82, 2.24) is 5.32 Å². The van der Waals surface area contributed by atoms with E-state index in [1.807, 2.05) is 6.92 Å². The number of rotatable bonds is 8. The van der Waals surface area contributed by atoms with Gasteiger partial charge in [-0.1, -0.05) is 6.07 Å². The zero-order valence-electron chi connectivity index (χ0n) is 10.5. The average Bonchev–Trinajstić information content (AvgIpc) is 2.36. The maximum Gasteiger partial charge on any atom is 0.239 e. The molecule has 5 heteroatoms. The van der Waals surface area contributed by atoms with Gasteiger partial charge in [0.2, 0.25) is 5.91 Å².